The Balaban J connectivity index is 2.09. The van der Waals surface area contributed by atoms with Crippen LogP contribution in [-0.2, 0) is 0 Å². The maximum absolute atomic E-state index is 11.5. The molecule has 0 N–H and O–H groups in total. The summed E-state index contributed by atoms with van der Waals surface area (Å²) in [5.74, 6) is 3.53. The molecule has 0 aliphatic heterocycles. The van der Waals surface area contributed by atoms with Crippen molar-refractivity contribution in [3.63, 3.8) is 0 Å². The number of Topliss-reactive ketones (excluding diaryl/α,β-unsaturated/α-hetero) is 1. The molecule has 0 aromatic carbocycles. The molecule has 1 saturated carbocycles. The highest BCUT2D eigenvalue weighted by molar-refractivity contribution is 5.94. The SMILES string of the molecule is C#CCN(CC1CC1)c1ccc(C(=O)CC)nc1. The Morgan fingerprint density at radius 3 is 2.83 bits per heavy atom. The van der Waals surface area contributed by atoms with Crippen LogP contribution in [-0.4, -0.2) is 23.9 Å². The van der Waals surface area contributed by atoms with E-state index in [2.05, 4.69) is 15.8 Å². The predicted octanol–water partition coefficient (Wildman–Crippen LogP) is 2.52. The fourth-order valence-electron chi connectivity index (χ4n) is 1.90. The number of rotatable bonds is 6. The van der Waals surface area contributed by atoms with Gasteiger partial charge in [-0.3, -0.25) is 9.78 Å². The maximum atomic E-state index is 11.5. The van der Waals surface area contributed by atoms with Crippen LogP contribution < -0.4 is 4.90 Å². The van der Waals surface area contributed by atoms with Crippen molar-refractivity contribution < 1.29 is 4.79 Å². The fraction of sp³-hybridized carbons (Fsp3) is 0.467. The molecule has 0 unspecified atom stereocenters. The van der Waals surface area contributed by atoms with Crippen LogP contribution in [0.4, 0.5) is 5.69 Å². The van der Waals surface area contributed by atoms with Gasteiger partial charge in [0.25, 0.3) is 0 Å². The number of ketones is 1. The molecule has 18 heavy (non-hydrogen) atoms. The molecule has 2 rings (SSSR count). The highest BCUT2D eigenvalue weighted by Gasteiger charge is 2.24. The molecule has 0 atom stereocenters. The average molecular weight is 242 g/mol. The summed E-state index contributed by atoms with van der Waals surface area (Å²) >= 11 is 0. The van der Waals surface area contributed by atoms with Crippen molar-refractivity contribution in [3.8, 4) is 12.3 Å². The molecule has 0 saturated heterocycles. The van der Waals surface area contributed by atoms with E-state index in [4.69, 9.17) is 6.42 Å². The third kappa shape index (κ3) is 3.10. The van der Waals surface area contributed by atoms with E-state index in [9.17, 15) is 4.79 Å². The smallest absolute Gasteiger partial charge is 0.180 e. The molecule has 3 heteroatoms. The first-order valence-electron chi connectivity index (χ1n) is 6.42. The normalized spacial score (nSPS) is 14.0. The highest BCUT2D eigenvalue weighted by Crippen LogP contribution is 2.31. The Morgan fingerprint density at radius 2 is 2.33 bits per heavy atom. The summed E-state index contributed by atoms with van der Waals surface area (Å²) in [5, 5.41) is 0. The molecule has 0 radical (unpaired) electrons. The van der Waals surface area contributed by atoms with Gasteiger partial charge in [0.05, 0.1) is 18.4 Å². The second-order valence-electron chi connectivity index (χ2n) is 4.71. The number of carbonyl (C=O) groups is 1. The molecular formula is C15H18N2O. The Bertz CT molecular complexity index is 454. The summed E-state index contributed by atoms with van der Waals surface area (Å²) in [5.41, 5.74) is 1.54. The summed E-state index contributed by atoms with van der Waals surface area (Å²) < 4.78 is 0. The molecule has 1 aliphatic carbocycles. The van der Waals surface area contributed by atoms with Crippen molar-refractivity contribution in [2.24, 2.45) is 5.92 Å². The molecule has 1 heterocycles. The number of terminal acetylenes is 1. The van der Waals surface area contributed by atoms with Gasteiger partial charge in [0, 0.05) is 13.0 Å². The van der Waals surface area contributed by atoms with Gasteiger partial charge in [-0.2, -0.15) is 0 Å². The first-order valence-corrected chi connectivity index (χ1v) is 6.42. The summed E-state index contributed by atoms with van der Waals surface area (Å²) in [6.07, 6.45) is 10.2. The number of nitrogens with zero attached hydrogens (tertiary/aromatic N) is 2. The molecule has 1 aromatic rings. The Morgan fingerprint density at radius 1 is 1.56 bits per heavy atom. The van der Waals surface area contributed by atoms with Gasteiger partial charge in [0.2, 0.25) is 0 Å². The zero-order valence-electron chi connectivity index (χ0n) is 10.7. The molecule has 1 fully saturated rings. The standard InChI is InChI=1S/C15H18N2O/c1-3-9-17(11-12-5-6-12)13-7-8-14(16-10-13)15(18)4-2/h1,7-8,10,12H,4-6,9,11H2,2H3. The minimum atomic E-state index is 0.0762. The van der Waals surface area contributed by atoms with Crippen LogP contribution in [0.5, 0.6) is 0 Å². The number of aromatic nitrogens is 1. The summed E-state index contributed by atoms with van der Waals surface area (Å²) in [4.78, 5) is 17.9. The molecular weight excluding hydrogens is 224 g/mol. The number of hydrogen-bond acceptors (Lipinski definition) is 3. The lowest BCUT2D eigenvalue weighted by molar-refractivity contribution is 0.0983. The minimum Gasteiger partial charge on any atom is -0.359 e. The van der Waals surface area contributed by atoms with Crippen LogP contribution in [0.25, 0.3) is 0 Å². The van der Waals surface area contributed by atoms with E-state index in [0.29, 0.717) is 18.7 Å². The van der Waals surface area contributed by atoms with E-state index in [0.717, 1.165) is 18.2 Å². The van der Waals surface area contributed by atoms with Gasteiger partial charge >= 0.3 is 0 Å². The van der Waals surface area contributed by atoms with E-state index in [1.165, 1.54) is 12.8 Å². The van der Waals surface area contributed by atoms with Gasteiger partial charge in [0.15, 0.2) is 5.78 Å². The van der Waals surface area contributed by atoms with Gasteiger partial charge in [0.1, 0.15) is 5.69 Å². The van der Waals surface area contributed by atoms with E-state index >= 15 is 0 Å². The zero-order chi connectivity index (χ0) is 13.0. The van der Waals surface area contributed by atoms with Crippen molar-refractivity contribution in [1.82, 2.24) is 4.98 Å². The van der Waals surface area contributed by atoms with E-state index in [1.54, 1.807) is 12.3 Å². The second-order valence-corrected chi connectivity index (χ2v) is 4.71. The van der Waals surface area contributed by atoms with Gasteiger partial charge < -0.3 is 4.90 Å². The topological polar surface area (TPSA) is 33.2 Å². The molecule has 0 spiro atoms. The van der Waals surface area contributed by atoms with E-state index < -0.39 is 0 Å². The van der Waals surface area contributed by atoms with Crippen molar-refractivity contribution in [3.05, 3.63) is 24.0 Å². The van der Waals surface area contributed by atoms with Crippen LogP contribution in [0.15, 0.2) is 18.3 Å². The number of anilines is 1. The maximum Gasteiger partial charge on any atom is 0.180 e. The molecule has 3 nitrogen and oxygen atoms in total. The second kappa shape index (κ2) is 5.68. The van der Waals surface area contributed by atoms with Crippen LogP contribution in [0.1, 0.15) is 36.7 Å². The lowest BCUT2D eigenvalue weighted by atomic mass is 10.2. The van der Waals surface area contributed by atoms with E-state index in [-0.39, 0.29) is 5.78 Å². The fourth-order valence-corrected chi connectivity index (χ4v) is 1.90. The van der Waals surface area contributed by atoms with Gasteiger partial charge in [-0.15, -0.1) is 6.42 Å². The summed E-state index contributed by atoms with van der Waals surface area (Å²) in [6, 6.07) is 3.73. The molecule has 94 valence electrons. The number of hydrogen-bond donors (Lipinski definition) is 0. The lowest BCUT2D eigenvalue weighted by Crippen LogP contribution is -2.26. The minimum absolute atomic E-state index is 0.0762. The predicted molar refractivity (Wildman–Crippen MR) is 72.6 cm³/mol. The Labute approximate surface area is 108 Å². The van der Waals surface area contributed by atoms with Crippen LogP contribution >= 0.6 is 0 Å². The molecule has 0 bridgehead atoms. The quantitative estimate of drug-likeness (QED) is 0.567. The first-order chi connectivity index (χ1) is 8.74. The van der Waals surface area contributed by atoms with Crippen LogP contribution in [0.2, 0.25) is 0 Å². The third-order valence-electron chi connectivity index (χ3n) is 3.18. The molecule has 1 aromatic heterocycles. The van der Waals surface area contributed by atoms with Gasteiger partial charge in [-0.1, -0.05) is 12.8 Å². The zero-order valence-corrected chi connectivity index (χ0v) is 10.7. The first kappa shape index (κ1) is 12.6. The van der Waals surface area contributed by atoms with Crippen molar-refractivity contribution in [2.75, 3.05) is 18.0 Å². The van der Waals surface area contributed by atoms with Crippen molar-refractivity contribution in [1.29, 1.82) is 0 Å². The summed E-state index contributed by atoms with van der Waals surface area (Å²) in [7, 11) is 0. The van der Waals surface area contributed by atoms with Gasteiger partial charge in [-0.05, 0) is 30.9 Å². The highest BCUT2D eigenvalue weighted by atomic mass is 16.1. The third-order valence-corrected chi connectivity index (χ3v) is 3.18. The number of carbonyl (C=O) groups excluding carboxylic acids is 1. The van der Waals surface area contributed by atoms with E-state index in [1.807, 2.05) is 13.0 Å². The van der Waals surface area contributed by atoms with Crippen LogP contribution in [0.3, 0.4) is 0 Å². The Kier molecular flexibility index (Phi) is 3.99. The lowest BCUT2D eigenvalue weighted by Gasteiger charge is -2.21. The van der Waals surface area contributed by atoms with Gasteiger partial charge in [-0.25, -0.2) is 0 Å². The average Bonchev–Trinajstić information content (AvgIpc) is 3.21. The largest absolute Gasteiger partial charge is 0.359 e. The molecule has 0 amide bonds. The monoisotopic (exact) mass is 242 g/mol. The Hall–Kier alpha value is -1.82. The van der Waals surface area contributed by atoms with Crippen molar-refractivity contribution in [2.45, 2.75) is 26.2 Å². The number of pyridine rings is 1. The van der Waals surface area contributed by atoms with Crippen molar-refractivity contribution >= 4 is 11.5 Å². The van der Waals surface area contributed by atoms with Crippen LogP contribution in [0, 0.1) is 18.3 Å². The summed E-state index contributed by atoms with van der Waals surface area (Å²) in [6.45, 7) is 3.43. The molecule has 1 aliphatic rings.